The van der Waals surface area contributed by atoms with Crippen LogP contribution < -0.4 is 0 Å². The zero-order valence-corrected chi connectivity index (χ0v) is 19.3. The second kappa shape index (κ2) is 9.86. The lowest BCUT2D eigenvalue weighted by Gasteiger charge is -2.27. The van der Waals surface area contributed by atoms with E-state index in [2.05, 4.69) is 0 Å². The molecule has 0 radical (unpaired) electrons. The molecule has 39 heavy (non-hydrogen) atoms. The summed E-state index contributed by atoms with van der Waals surface area (Å²) in [4.78, 5) is -2.92. The van der Waals surface area contributed by atoms with Gasteiger partial charge in [0.1, 0.15) is 0 Å². The van der Waals surface area contributed by atoms with Gasteiger partial charge in [-0.3, -0.25) is 0 Å². The first-order valence-corrected chi connectivity index (χ1v) is 11.4. The van der Waals surface area contributed by atoms with E-state index >= 15 is 0 Å². The van der Waals surface area contributed by atoms with Crippen molar-refractivity contribution in [3.63, 3.8) is 0 Å². The van der Waals surface area contributed by atoms with Crippen molar-refractivity contribution in [3.05, 3.63) is 88.5 Å². The fourth-order valence-corrected chi connectivity index (χ4v) is 5.87. The van der Waals surface area contributed by atoms with Gasteiger partial charge in [0.05, 0.1) is 27.8 Å². The van der Waals surface area contributed by atoms with Gasteiger partial charge in [0, 0.05) is 0 Å². The quantitative estimate of drug-likeness (QED) is 0.223. The summed E-state index contributed by atoms with van der Waals surface area (Å²) in [6, 6.07) is 1.65. The minimum atomic E-state index is -5.46. The zero-order valence-electron chi connectivity index (χ0n) is 18.4. The lowest BCUT2D eigenvalue weighted by Crippen LogP contribution is -2.13. The molecule has 0 atom stereocenters. The Morgan fingerprint density at radius 3 is 0.897 bits per heavy atom. The summed E-state index contributed by atoms with van der Waals surface area (Å²) in [5, 5.41) is 0. The monoisotopic (exact) mass is 604 g/mol. The number of alkyl halides is 15. The van der Waals surface area contributed by atoms with Crippen LogP contribution in [0.4, 0.5) is 65.9 Å². The van der Waals surface area contributed by atoms with Crippen LogP contribution in [0.2, 0.25) is 0 Å². The molecule has 16 heteroatoms. The summed E-state index contributed by atoms with van der Waals surface area (Å²) in [5.41, 5.74) is -9.34. The summed E-state index contributed by atoms with van der Waals surface area (Å²) < 4.78 is 201. The van der Waals surface area contributed by atoms with E-state index in [0.717, 1.165) is 6.07 Å². The highest BCUT2D eigenvalue weighted by Crippen LogP contribution is 2.55. The molecule has 3 rings (SSSR count). The van der Waals surface area contributed by atoms with Crippen molar-refractivity contribution in [1.82, 2.24) is 0 Å². The van der Waals surface area contributed by atoms with E-state index < -0.39 is 84.3 Å². The number of benzene rings is 3. The molecule has 0 spiro atoms. The normalized spacial score (nSPS) is 14.0. The Balaban J connectivity index is 2.48. The highest BCUT2D eigenvalue weighted by molar-refractivity contribution is 8.17. The zero-order chi connectivity index (χ0) is 29.8. The van der Waals surface area contributed by atoms with Crippen LogP contribution in [0.5, 0.6) is 0 Å². The smallest absolute Gasteiger partial charge is 0.173 e. The molecule has 0 nitrogen and oxygen atoms in total. The number of rotatable bonds is 3. The molecule has 214 valence electrons. The van der Waals surface area contributed by atoms with E-state index in [-0.39, 0.29) is 42.5 Å². The fourth-order valence-electron chi connectivity index (χ4n) is 3.40. The molecule has 0 unspecified atom stereocenters. The molecule has 0 aromatic heterocycles. The summed E-state index contributed by atoms with van der Waals surface area (Å²) in [5.74, 6) is 0. The van der Waals surface area contributed by atoms with Crippen molar-refractivity contribution >= 4 is 10.9 Å². The number of halogens is 15. The molecule has 3 aromatic rings. The highest BCUT2D eigenvalue weighted by Gasteiger charge is 2.40. The Bertz CT molecular complexity index is 1200. The maximum Gasteiger partial charge on any atom is 0.416 e. The first-order valence-electron chi connectivity index (χ1n) is 10.0. The molecular weight excluding hydrogens is 593 g/mol. The van der Waals surface area contributed by atoms with Crippen LogP contribution in [0.3, 0.4) is 0 Å². The minimum absolute atomic E-state index is 0.0503. The van der Waals surface area contributed by atoms with Crippen LogP contribution >= 0.6 is 10.9 Å². The molecule has 0 heterocycles. The number of hydrogen-bond donors (Lipinski definition) is 1. The van der Waals surface area contributed by atoms with Crippen molar-refractivity contribution in [2.75, 3.05) is 0 Å². The van der Waals surface area contributed by atoms with E-state index in [1.807, 2.05) is 0 Å². The summed E-state index contributed by atoms with van der Waals surface area (Å²) in [6.07, 6.45) is -27.0. The highest BCUT2D eigenvalue weighted by atomic mass is 32.2. The van der Waals surface area contributed by atoms with Crippen LogP contribution in [0.25, 0.3) is 0 Å². The molecule has 0 fully saturated rings. The van der Waals surface area contributed by atoms with E-state index in [9.17, 15) is 65.9 Å². The lowest BCUT2D eigenvalue weighted by molar-refractivity contribution is -0.144. The van der Waals surface area contributed by atoms with E-state index in [1.54, 1.807) is 0 Å². The molecule has 0 aliphatic carbocycles. The molecule has 0 N–H and O–H groups in total. The Morgan fingerprint density at radius 1 is 0.333 bits per heavy atom. The van der Waals surface area contributed by atoms with Gasteiger partial charge >= 0.3 is 30.9 Å². The van der Waals surface area contributed by atoms with Gasteiger partial charge in [0.2, 0.25) is 0 Å². The SMILES string of the molecule is FC(F)(F)c1cccc([SH](c2cc(C(F)(F)F)cc(C(F)(F)F)c2)c2cc(C(F)(F)F)cc(C(F)(F)F)c2)c1. The maximum absolute atomic E-state index is 13.5. The van der Waals surface area contributed by atoms with Gasteiger partial charge in [-0.1, -0.05) is 6.07 Å². The van der Waals surface area contributed by atoms with Gasteiger partial charge in [0.15, 0.2) is 0 Å². The number of hydrogen-bond acceptors (Lipinski definition) is 0. The van der Waals surface area contributed by atoms with Gasteiger partial charge in [0.25, 0.3) is 0 Å². The molecule has 0 aliphatic heterocycles. The maximum atomic E-state index is 13.5. The van der Waals surface area contributed by atoms with E-state index in [1.165, 1.54) is 0 Å². The van der Waals surface area contributed by atoms with Crippen LogP contribution in [-0.4, -0.2) is 0 Å². The van der Waals surface area contributed by atoms with Gasteiger partial charge in [-0.05, 0) is 69.3 Å². The van der Waals surface area contributed by atoms with Gasteiger partial charge < -0.3 is 0 Å². The molecule has 0 aliphatic rings. The molecule has 3 aromatic carbocycles. The Labute approximate surface area is 211 Å². The average Bonchev–Trinajstić information content (AvgIpc) is 2.76. The van der Waals surface area contributed by atoms with Crippen molar-refractivity contribution in [2.24, 2.45) is 0 Å². The summed E-state index contributed by atoms with van der Waals surface area (Å²) >= 11 is 0. The van der Waals surface area contributed by atoms with Crippen LogP contribution in [0, 0.1) is 0 Å². The standard InChI is InChI=1S/C23H11F15S/c24-19(25,26)11-2-1-3-16(6-11)39(17-7-12(20(27,28)29)4-13(8-17)21(30,31)32)18-9-14(22(33,34)35)5-15(10-18)23(36,37)38/h1-10,39H. The van der Waals surface area contributed by atoms with Gasteiger partial charge in [-0.2, -0.15) is 76.8 Å². The Kier molecular flexibility index (Phi) is 7.71. The molecule has 0 amide bonds. The summed E-state index contributed by atoms with van der Waals surface area (Å²) in [6.45, 7) is 0. The van der Waals surface area contributed by atoms with Crippen LogP contribution in [0.15, 0.2) is 75.4 Å². The topological polar surface area (TPSA) is 0 Å². The minimum Gasteiger partial charge on any atom is -0.173 e. The third-order valence-corrected chi connectivity index (χ3v) is 7.44. The summed E-state index contributed by atoms with van der Waals surface area (Å²) in [7, 11) is -3.26. The van der Waals surface area contributed by atoms with Crippen LogP contribution in [-0.2, 0) is 30.9 Å². The van der Waals surface area contributed by atoms with Crippen molar-refractivity contribution in [2.45, 2.75) is 45.6 Å². The number of thiol groups is 1. The Hall–Kier alpha value is -3.04. The third kappa shape index (κ3) is 7.13. The van der Waals surface area contributed by atoms with Crippen molar-refractivity contribution < 1.29 is 65.9 Å². The Morgan fingerprint density at radius 2 is 0.615 bits per heavy atom. The second-order valence-corrected chi connectivity index (χ2v) is 10.1. The molecular formula is C23H11F15S. The van der Waals surface area contributed by atoms with Gasteiger partial charge in [-0.25, -0.2) is 0 Å². The molecule has 0 saturated carbocycles. The van der Waals surface area contributed by atoms with Crippen molar-refractivity contribution in [3.8, 4) is 0 Å². The lowest BCUT2D eigenvalue weighted by atomic mass is 10.1. The molecule has 0 saturated heterocycles. The van der Waals surface area contributed by atoms with Gasteiger partial charge in [-0.15, -0.1) is 0 Å². The largest absolute Gasteiger partial charge is 0.416 e. The predicted molar refractivity (Wildman–Crippen MR) is 108 cm³/mol. The van der Waals surface area contributed by atoms with E-state index in [0.29, 0.717) is 12.1 Å². The fraction of sp³-hybridized carbons (Fsp3) is 0.217. The first kappa shape index (κ1) is 30.5. The predicted octanol–water partition coefficient (Wildman–Crippen LogP) is 10.3. The second-order valence-electron chi connectivity index (χ2n) is 7.91. The van der Waals surface area contributed by atoms with Crippen LogP contribution in [0.1, 0.15) is 27.8 Å². The first-order chi connectivity index (χ1) is 17.5. The average molecular weight is 604 g/mol. The van der Waals surface area contributed by atoms with Crippen molar-refractivity contribution in [1.29, 1.82) is 0 Å². The third-order valence-electron chi connectivity index (χ3n) is 5.09. The van der Waals surface area contributed by atoms with E-state index in [4.69, 9.17) is 0 Å². The molecule has 0 bridgehead atoms.